The number of hydrogen-bond acceptors (Lipinski definition) is 3. The first kappa shape index (κ1) is 22.5. The van der Waals surface area contributed by atoms with Gasteiger partial charge in [0.15, 0.2) is 46.5 Å². The molecule has 0 unspecified atom stereocenters. The van der Waals surface area contributed by atoms with Crippen LogP contribution in [0.3, 0.4) is 0 Å². The standard InChI is InChI=1S/C12H4F8N2.C4H10O/c13-3-2(6(16)11(21)10(20)7(3)17)1-4(14)8(18)12(22)9(19)5(1)15;1-3-5-4-2/h21-22H2;3-4H2,1-2H3. The molecule has 0 aliphatic carbocycles. The molecule has 0 bridgehead atoms. The molecule has 27 heavy (non-hydrogen) atoms. The number of benzene rings is 2. The Bertz CT molecular complexity index is 730. The molecule has 11 heteroatoms. The monoisotopic (exact) mass is 402 g/mol. The van der Waals surface area contributed by atoms with E-state index < -0.39 is 69.0 Å². The largest absolute Gasteiger partial charge is 0.394 e. The molecule has 0 aromatic heterocycles. The molecule has 2 rings (SSSR count). The van der Waals surface area contributed by atoms with Crippen molar-refractivity contribution in [2.45, 2.75) is 13.8 Å². The average Bonchev–Trinajstić information content (AvgIpc) is 2.65. The summed E-state index contributed by atoms with van der Waals surface area (Å²) in [5, 5.41) is 0. The van der Waals surface area contributed by atoms with Crippen LogP contribution in [-0.4, -0.2) is 13.2 Å². The molecule has 2 aromatic rings. The van der Waals surface area contributed by atoms with E-state index in [1.54, 1.807) is 0 Å². The summed E-state index contributed by atoms with van der Waals surface area (Å²) < 4.78 is 112. The fraction of sp³-hybridized carbons (Fsp3) is 0.250. The Morgan fingerprint density at radius 1 is 0.519 bits per heavy atom. The smallest absolute Gasteiger partial charge is 0.197 e. The van der Waals surface area contributed by atoms with E-state index in [-0.39, 0.29) is 0 Å². The van der Waals surface area contributed by atoms with Gasteiger partial charge >= 0.3 is 0 Å². The van der Waals surface area contributed by atoms with E-state index >= 15 is 0 Å². The summed E-state index contributed by atoms with van der Waals surface area (Å²) in [4.78, 5) is 0. The van der Waals surface area contributed by atoms with Gasteiger partial charge < -0.3 is 16.2 Å². The third kappa shape index (κ3) is 4.07. The maximum atomic E-state index is 13.7. The molecule has 0 amide bonds. The highest BCUT2D eigenvalue weighted by molar-refractivity contribution is 5.73. The number of rotatable bonds is 3. The van der Waals surface area contributed by atoms with E-state index in [2.05, 4.69) is 0 Å². The third-order valence-electron chi connectivity index (χ3n) is 3.25. The van der Waals surface area contributed by atoms with E-state index in [4.69, 9.17) is 16.2 Å². The van der Waals surface area contributed by atoms with Crippen LogP contribution in [0.2, 0.25) is 0 Å². The lowest BCUT2D eigenvalue weighted by atomic mass is 10.00. The van der Waals surface area contributed by atoms with Gasteiger partial charge in [0.2, 0.25) is 0 Å². The molecular formula is C16H14F8N2O. The van der Waals surface area contributed by atoms with E-state index in [1.165, 1.54) is 0 Å². The van der Waals surface area contributed by atoms with Crippen molar-refractivity contribution in [3.63, 3.8) is 0 Å². The quantitative estimate of drug-likeness (QED) is 0.339. The fourth-order valence-electron chi connectivity index (χ4n) is 1.94. The second-order valence-corrected chi connectivity index (χ2v) is 4.87. The van der Waals surface area contributed by atoms with E-state index in [0.717, 1.165) is 13.2 Å². The summed E-state index contributed by atoms with van der Waals surface area (Å²) in [6.45, 7) is 5.67. The van der Waals surface area contributed by atoms with Gasteiger partial charge in [-0.3, -0.25) is 0 Å². The Labute approximate surface area is 148 Å². The third-order valence-corrected chi connectivity index (χ3v) is 3.25. The highest BCUT2D eigenvalue weighted by atomic mass is 19.2. The minimum atomic E-state index is -2.41. The molecule has 0 fully saturated rings. The predicted octanol–water partition coefficient (Wildman–Crippen LogP) is 4.67. The van der Waals surface area contributed by atoms with Crippen LogP contribution in [0.15, 0.2) is 0 Å². The van der Waals surface area contributed by atoms with Crippen LogP contribution in [-0.2, 0) is 4.74 Å². The summed E-state index contributed by atoms with van der Waals surface area (Å²) in [5.41, 5.74) is 2.45. The van der Waals surface area contributed by atoms with Crippen LogP contribution in [0.4, 0.5) is 46.5 Å². The van der Waals surface area contributed by atoms with Gasteiger partial charge in [-0.15, -0.1) is 0 Å². The van der Waals surface area contributed by atoms with Gasteiger partial charge in [0.05, 0.1) is 11.1 Å². The zero-order valence-electron chi connectivity index (χ0n) is 14.0. The van der Waals surface area contributed by atoms with Gasteiger partial charge in [-0.05, 0) is 13.8 Å². The first-order chi connectivity index (χ1) is 12.5. The Morgan fingerprint density at radius 3 is 1.19 bits per heavy atom. The molecule has 2 aromatic carbocycles. The molecule has 3 nitrogen and oxygen atoms in total. The van der Waals surface area contributed by atoms with Crippen molar-refractivity contribution in [3.05, 3.63) is 46.5 Å². The van der Waals surface area contributed by atoms with Gasteiger partial charge in [0, 0.05) is 13.2 Å². The molecule has 0 aliphatic rings. The molecule has 0 radical (unpaired) electrons. The van der Waals surface area contributed by atoms with E-state index in [1.807, 2.05) is 13.8 Å². The van der Waals surface area contributed by atoms with E-state index in [9.17, 15) is 35.1 Å². The summed E-state index contributed by atoms with van der Waals surface area (Å²) >= 11 is 0. The fourth-order valence-corrected chi connectivity index (χ4v) is 1.94. The van der Waals surface area contributed by atoms with Crippen molar-refractivity contribution in [1.82, 2.24) is 0 Å². The Hall–Kier alpha value is -2.56. The lowest BCUT2D eigenvalue weighted by Gasteiger charge is -2.13. The topological polar surface area (TPSA) is 61.3 Å². The van der Waals surface area contributed by atoms with Crippen LogP contribution in [0.1, 0.15) is 13.8 Å². The number of nitrogen functional groups attached to an aromatic ring is 2. The molecule has 0 atom stereocenters. The first-order valence-corrected chi connectivity index (χ1v) is 7.33. The van der Waals surface area contributed by atoms with Crippen LogP contribution in [0.25, 0.3) is 11.1 Å². The Balaban J connectivity index is 0.000000646. The molecule has 0 saturated carbocycles. The van der Waals surface area contributed by atoms with Gasteiger partial charge in [-0.2, -0.15) is 0 Å². The minimum Gasteiger partial charge on any atom is -0.394 e. The lowest BCUT2D eigenvalue weighted by molar-refractivity contribution is 0.162. The summed E-state index contributed by atoms with van der Waals surface area (Å²) in [6.07, 6.45) is 0. The predicted molar refractivity (Wildman–Crippen MR) is 82.5 cm³/mol. The van der Waals surface area contributed by atoms with Gasteiger partial charge in [0.25, 0.3) is 0 Å². The van der Waals surface area contributed by atoms with E-state index in [0.29, 0.717) is 0 Å². The van der Waals surface area contributed by atoms with Gasteiger partial charge in [-0.1, -0.05) is 0 Å². The highest BCUT2D eigenvalue weighted by Gasteiger charge is 2.32. The number of nitrogens with two attached hydrogens (primary N) is 2. The second kappa shape index (κ2) is 8.89. The molecule has 0 aliphatic heterocycles. The normalized spacial score (nSPS) is 10.6. The number of halogens is 8. The zero-order valence-corrected chi connectivity index (χ0v) is 14.0. The maximum Gasteiger partial charge on any atom is 0.197 e. The molecule has 0 saturated heterocycles. The molecule has 0 heterocycles. The van der Waals surface area contributed by atoms with Crippen molar-refractivity contribution in [2.75, 3.05) is 24.7 Å². The molecular weight excluding hydrogens is 388 g/mol. The number of ether oxygens (including phenoxy) is 1. The molecule has 4 N–H and O–H groups in total. The first-order valence-electron chi connectivity index (χ1n) is 7.33. The Morgan fingerprint density at radius 2 is 0.815 bits per heavy atom. The highest BCUT2D eigenvalue weighted by Crippen LogP contribution is 2.39. The van der Waals surface area contributed by atoms with Gasteiger partial charge in [0.1, 0.15) is 11.4 Å². The van der Waals surface area contributed by atoms with Crippen LogP contribution in [0.5, 0.6) is 0 Å². The maximum absolute atomic E-state index is 13.7. The van der Waals surface area contributed by atoms with Crippen molar-refractivity contribution in [1.29, 1.82) is 0 Å². The average molecular weight is 402 g/mol. The summed E-state index contributed by atoms with van der Waals surface area (Å²) in [6, 6.07) is 0. The number of anilines is 2. The van der Waals surface area contributed by atoms with Crippen LogP contribution < -0.4 is 11.5 Å². The summed E-state index contributed by atoms with van der Waals surface area (Å²) in [5.74, 6) is -18.0. The van der Waals surface area contributed by atoms with Crippen LogP contribution >= 0.6 is 0 Å². The van der Waals surface area contributed by atoms with Crippen molar-refractivity contribution in [3.8, 4) is 11.1 Å². The van der Waals surface area contributed by atoms with Crippen molar-refractivity contribution < 1.29 is 39.9 Å². The van der Waals surface area contributed by atoms with Crippen molar-refractivity contribution in [2.24, 2.45) is 0 Å². The zero-order chi connectivity index (χ0) is 21.0. The van der Waals surface area contributed by atoms with Crippen molar-refractivity contribution >= 4 is 11.4 Å². The van der Waals surface area contributed by atoms with Crippen LogP contribution in [0, 0.1) is 46.5 Å². The summed E-state index contributed by atoms with van der Waals surface area (Å²) in [7, 11) is 0. The second-order valence-electron chi connectivity index (χ2n) is 4.87. The SMILES string of the molecule is CCOCC.Nc1c(F)c(F)c(-c2c(F)c(N)c(F)c(F)c2F)c(F)c1F. The molecule has 150 valence electrons. The van der Waals surface area contributed by atoms with Gasteiger partial charge in [-0.25, -0.2) is 35.1 Å². The minimum absolute atomic E-state index is 0.844. The Kier molecular flexibility index (Phi) is 7.40. The number of hydrogen-bond donors (Lipinski definition) is 2. The molecule has 0 spiro atoms. The lowest BCUT2D eigenvalue weighted by Crippen LogP contribution is -2.10.